The molecule has 2 aromatic rings. The van der Waals surface area contributed by atoms with Crippen LogP contribution in [0, 0.1) is 6.92 Å². The van der Waals surface area contributed by atoms with Crippen molar-refractivity contribution in [1.29, 1.82) is 0 Å². The number of hydrogen-bond acceptors (Lipinski definition) is 4. The second kappa shape index (κ2) is 5.79. The fourth-order valence-electron chi connectivity index (χ4n) is 1.66. The molecule has 1 N–H and O–H groups in total. The second-order valence-corrected chi connectivity index (χ2v) is 4.46. The molecule has 100 valence electrons. The Hall–Kier alpha value is -1.95. The molecule has 0 aliphatic carbocycles. The highest BCUT2D eigenvalue weighted by Crippen LogP contribution is 2.05. The number of halogens is 1. The van der Waals surface area contributed by atoms with Crippen LogP contribution in [0.15, 0.2) is 18.5 Å². The summed E-state index contributed by atoms with van der Waals surface area (Å²) in [6.07, 6.45) is 4.25. The fraction of sp³-hybridized carbons (Fsp3) is 0.333. The van der Waals surface area contributed by atoms with Crippen LogP contribution in [0.25, 0.3) is 0 Å². The van der Waals surface area contributed by atoms with Crippen LogP contribution < -0.4 is 5.32 Å². The third kappa shape index (κ3) is 3.51. The van der Waals surface area contributed by atoms with Crippen molar-refractivity contribution in [3.8, 4) is 0 Å². The summed E-state index contributed by atoms with van der Waals surface area (Å²) in [6.45, 7) is 2.25. The molecule has 7 heteroatoms. The van der Waals surface area contributed by atoms with Gasteiger partial charge in [-0.15, -0.1) is 0 Å². The van der Waals surface area contributed by atoms with Gasteiger partial charge in [-0.3, -0.25) is 4.79 Å². The van der Waals surface area contributed by atoms with Gasteiger partial charge in [0.05, 0.1) is 0 Å². The van der Waals surface area contributed by atoms with Gasteiger partial charge in [-0.1, -0.05) is 0 Å². The summed E-state index contributed by atoms with van der Waals surface area (Å²) in [4.78, 5) is 23.9. The fourth-order valence-corrected chi connectivity index (χ4v) is 1.89. The lowest BCUT2D eigenvalue weighted by atomic mass is 10.3. The number of hydrogen-bond donors (Lipinski definition) is 1. The Morgan fingerprint density at radius 3 is 2.89 bits per heavy atom. The van der Waals surface area contributed by atoms with Crippen LogP contribution >= 0.6 is 11.6 Å². The zero-order valence-electron chi connectivity index (χ0n) is 10.7. The second-order valence-electron chi connectivity index (χ2n) is 4.12. The Kier molecular flexibility index (Phi) is 4.11. The number of imidazole rings is 1. The van der Waals surface area contributed by atoms with Crippen LogP contribution in [0.5, 0.6) is 0 Å². The molecular formula is C12H14ClN5O. The number of nitrogens with zero attached hydrogens (tertiary/aromatic N) is 4. The molecule has 0 spiro atoms. The molecule has 1 amide bonds. The lowest BCUT2D eigenvalue weighted by Crippen LogP contribution is -2.27. The average Bonchev–Trinajstić information content (AvgIpc) is 2.74. The molecule has 2 heterocycles. The predicted molar refractivity (Wildman–Crippen MR) is 71.0 cm³/mol. The van der Waals surface area contributed by atoms with Crippen LogP contribution in [0.2, 0.25) is 5.28 Å². The lowest BCUT2D eigenvalue weighted by molar-refractivity contribution is 0.0948. The first-order valence-electron chi connectivity index (χ1n) is 5.82. The number of amides is 1. The first-order valence-corrected chi connectivity index (χ1v) is 6.19. The van der Waals surface area contributed by atoms with E-state index in [1.54, 1.807) is 19.2 Å². The first kappa shape index (κ1) is 13.5. The van der Waals surface area contributed by atoms with Crippen molar-refractivity contribution in [1.82, 2.24) is 24.8 Å². The minimum Gasteiger partial charge on any atom is -0.350 e. The van der Waals surface area contributed by atoms with Gasteiger partial charge >= 0.3 is 0 Å². The number of aryl methyl sites for hydroxylation is 2. The topological polar surface area (TPSA) is 72.7 Å². The smallest absolute Gasteiger partial charge is 0.270 e. The van der Waals surface area contributed by atoms with Gasteiger partial charge in [-0.25, -0.2) is 15.0 Å². The molecule has 0 saturated carbocycles. The van der Waals surface area contributed by atoms with Crippen molar-refractivity contribution >= 4 is 17.5 Å². The molecule has 0 aliphatic heterocycles. The largest absolute Gasteiger partial charge is 0.350 e. The Balaban J connectivity index is 1.92. The van der Waals surface area contributed by atoms with Crippen molar-refractivity contribution in [3.05, 3.63) is 41.0 Å². The van der Waals surface area contributed by atoms with E-state index >= 15 is 0 Å². The Bertz CT molecular complexity index is 575. The summed E-state index contributed by atoms with van der Waals surface area (Å²) in [5.41, 5.74) is 0.937. The SMILES string of the molecule is Cc1cc(C(=O)NCCc2nccn2C)nc(Cl)n1. The van der Waals surface area contributed by atoms with E-state index in [-0.39, 0.29) is 16.9 Å². The summed E-state index contributed by atoms with van der Waals surface area (Å²) in [7, 11) is 1.91. The first-order chi connectivity index (χ1) is 9.06. The lowest BCUT2D eigenvalue weighted by Gasteiger charge is -2.05. The standard InChI is InChI=1S/C12H14ClN5O/c1-8-7-9(17-12(13)16-8)11(19)15-4-3-10-14-5-6-18(10)2/h5-7H,3-4H2,1-2H3,(H,15,19). The monoisotopic (exact) mass is 279 g/mol. The van der Waals surface area contributed by atoms with Crippen molar-refractivity contribution in [2.45, 2.75) is 13.3 Å². The maximum absolute atomic E-state index is 11.9. The molecule has 0 unspecified atom stereocenters. The van der Waals surface area contributed by atoms with Crippen molar-refractivity contribution < 1.29 is 4.79 Å². The zero-order valence-corrected chi connectivity index (χ0v) is 11.5. The molecule has 0 fully saturated rings. The molecule has 0 bridgehead atoms. The molecule has 2 rings (SSSR count). The van der Waals surface area contributed by atoms with Gasteiger partial charge in [0, 0.05) is 38.1 Å². The molecule has 19 heavy (non-hydrogen) atoms. The maximum atomic E-state index is 11.9. The highest BCUT2D eigenvalue weighted by molar-refractivity contribution is 6.28. The number of aromatic nitrogens is 4. The summed E-state index contributed by atoms with van der Waals surface area (Å²) >= 11 is 5.71. The van der Waals surface area contributed by atoms with Crippen LogP contribution in [0.3, 0.4) is 0 Å². The van der Waals surface area contributed by atoms with E-state index in [1.807, 2.05) is 17.8 Å². The van der Waals surface area contributed by atoms with Gasteiger partial charge in [0.2, 0.25) is 5.28 Å². The molecule has 0 atom stereocenters. The molecule has 6 nitrogen and oxygen atoms in total. The minimum atomic E-state index is -0.262. The highest BCUT2D eigenvalue weighted by atomic mass is 35.5. The summed E-state index contributed by atoms with van der Waals surface area (Å²) in [5.74, 6) is 0.652. The van der Waals surface area contributed by atoms with Gasteiger partial charge in [0.25, 0.3) is 5.91 Å². The molecule has 0 aliphatic rings. The Morgan fingerprint density at radius 1 is 1.47 bits per heavy atom. The summed E-state index contributed by atoms with van der Waals surface area (Å²) in [6, 6.07) is 1.60. The van der Waals surface area contributed by atoms with Gasteiger partial charge in [0.15, 0.2) is 0 Å². The van der Waals surface area contributed by atoms with E-state index in [1.165, 1.54) is 0 Å². The number of carbonyl (C=O) groups is 1. The molecular weight excluding hydrogens is 266 g/mol. The van der Waals surface area contributed by atoms with E-state index < -0.39 is 0 Å². The van der Waals surface area contributed by atoms with Gasteiger partial charge < -0.3 is 9.88 Å². The van der Waals surface area contributed by atoms with E-state index in [0.29, 0.717) is 18.7 Å². The third-order valence-corrected chi connectivity index (χ3v) is 2.78. The van der Waals surface area contributed by atoms with Crippen molar-refractivity contribution in [2.24, 2.45) is 7.05 Å². The number of rotatable bonds is 4. The third-order valence-electron chi connectivity index (χ3n) is 2.61. The highest BCUT2D eigenvalue weighted by Gasteiger charge is 2.09. The van der Waals surface area contributed by atoms with E-state index in [2.05, 4.69) is 20.3 Å². The Morgan fingerprint density at radius 2 is 2.26 bits per heavy atom. The number of carbonyl (C=O) groups excluding carboxylic acids is 1. The average molecular weight is 280 g/mol. The molecule has 0 radical (unpaired) electrons. The Labute approximate surface area is 115 Å². The summed E-state index contributed by atoms with van der Waals surface area (Å²) in [5, 5.41) is 2.86. The van der Waals surface area contributed by atoms with E-state index in [0.717, 1.165) is 5.82 Å². The van der Waals surface area contributed by atoms with E-state index in [4.69, 9.17) is 11.6 Å². The molecule has 0 saturated heterocycles. The minimum absolute atomic E-state index is 0.0780. The van der Waals surface area contributed by atoms with Crippen LogP contribution in [-0.4, -0.2) is 32.0 Å². The zero-order chi connectivity index (χ0) is 13.8. The maximum Gasteiger partial charge on any atom is 0.270 e. The van der Waals surface area contributed by atoms with Crippen molar-refractivity contribution in [2.75, 3.05) is 6.54 Å². The van der Waals surface area contributed by atoms with E-state index in [9.17, 15) is 4.79 Å². The normalized spacial score (nSPS) is 10.5. The molecule has 2 aromatic heterocycles. The van der Waals surface area contributed by atoms with Crippen molar-refractivity contribution in [3.63, 3.8) is 0 Å². The van der Waals surface area contributed by atoms with Gasteiger partial charge in [-0.05, 0) is 24.6 Å². The summed E-state index contributed by atoms with van der Waals surface area (Å²) < 4.78 is 1.91. The van der Waals surface area contributed by atoms with Crippen LogP contribution in [0.1, 0.15) is 22.0 Å². The van der Waals surface area contributed by atoms with Gasteiger partial charge in [0.1, 0.15) is 11.5 Å². The van der Waals surface area contributed by atoms with Gasteiger partial charge in [-0.2, -0.15) is 0 Å². The number of nitrogens with one attached hydrogen (secondary N) is 1. The van der Waals surface area contributed by atoms with Crippen LogP contribution in [0.4, 0.5) is 0 Å². The quantitative estimate of drug-likeness (QED) is 0.852. The molecule has 0 aromatic carbocycles. The van der Waals surface area contributed by atoms with Crippen LogP contribution in [-0.2, 0) is 13.5 Å². The predicted octanol–water partition coefficient (Wildman–Crippen LogP) is 1.14.